The van der Waals surface area contributed by atoms with Gasteiger partial charge in [0, 0.05) is 0 Å². The van der Waals surface area contributed by atoms with E-state index in [-0.39, 0.29) is 10.7 Å². The van der Waals surface area contributed by atoms with Crippen LogP contribution in [0.2, 0.25) is 4.82 Å². The van der Waals surface area contributed by atoms with Crippen LogP contribution in [0.15, 0.2) is 24.3 Å². The summed E-state index contributed by atoms with van der Waals surface area (Å²) in [6, 6.07) is 7.89. The van der Waals surface area contributed by atoms with Crippen LogP contribution in [-0.2, 0) is 11.2 Å². The van der Waals surface area contributed by atoms with Crippen LogP contribution < -0.4 is 5.32 Å². The Kier molecular flexibility index (Phi) is 1.91. The number of para-hydroxylation sites is 1. The van der Waals surface area contributed by atoms with E-state index in [1.54, 1.807) is 0 Å². The van der Waals surface area contributed by atoms with Gasteiger partial charge in [-0.05, 0) is 0 Å². The Balaban J connectivity index is 2.40. The average molecular weight is 225 g/mol. The van der Waals surface area contributed by atoms with Crippen molar-refractivity contribution in [2.24, 2.45) is 0 Å². The third-order valence-corrected chi connectivity index (χ3v) is 2.77. The third kappa shape index (κ3) is 1.26. The van der Waals surface area contributed by atoms with Crippen molar-refractivity contribution in [3.63, 3.8) is 0 Å². The number of hydrogen-bond acceptors (Lipinski definition) is 1. The van der Waals surface area contributed by atoms with E-state index < -0.39 is 0 Å². The normalized spacial score (nSPS) is 21.4. The van der Waals surface area contributed by atoms with Crippen LogP contribution in [0.25, 0.3) is 0 Å². The van der Waals surface area contributed by atoms with Crippen molar-refractivity contribution in [2.45, 2.75) is 11.2 Å². The van der Waals surface area contributed by atoms with Crippen molar-refractivity contribution in [2.75, 3.05) is 5.32 Å². The van der Waals surface area contributed by atoms with Crippen LogP contribution in [0.3, 0.4) is 0 Å². The molecule has 1 N–H and O–H groups in total. The molecular weight excluding hydrogens is 217 g/mol. The van der Waals surface area contributed by atoms with Crippen molar-refractivity contribution < 1.29 is 4.79 Å². The number of benzene rings is 1. The van der Waals surface area contributed by atoms with Gasteiger partial charge in [-0.15, -0.1) is 0 Å². The summed E-state index contributed by atoms with van der Waals surface area (Å²) in [6.07, 6.45) is 0.808. The van der Waals surface area contributed by atoms with E-state index in [2.05, 4.69) is 21.3 Å². The average Bonchev–Trinajstić information content (AvgIpc) is 2.07. The molecule has 61 valence electrons. The Hall–Kier alpha value is -0.791. The Labute approximate surface area is 79.2 Å². The van der Waals surface area contributed by atoms with Gasteiger partial charge >= 0.3 is 78.8 Å². The van der Waals surface area contributed by atoms with Gasteiger partial charge in [-0.3, -0.25) is 0 Å². The van der Waals surface area contributed by atoms with Crippen LogP contribution in [0.4, 0.5) is 5.69 Å². The number of carbonyl (C=O) groups excluding carboxylic acids is 1. The zero-order chi connectivity index (χ0) is 8.55. The van der Waals surface area contributed by atoms with Crippen LogP contribution in [0, 0.1) is 0 Å². The van der Waals surface area contributed by atoms with E-state index in [4.69, 9.17) is 0 Å². The number of rotatable bonds is 0. The van der Waals surface area contributed by atoms with Crippen LogP contribution in [-0.4, -0.2) is 21.9 Å². The summed E-state index contributed by atoms with van der Waals surface area (Å²) < 4.78 is 0. The minimum absolute atomic E-state index is 0.0140. The molecule has 1 aliphatic rings. The minimum atomic E-state index is -0.0140. The second-order valence-electron chi connectivity index (χ2n) is 2.84. The fourth-order valence-corrected chi connectivity index (χ4v) is 1.83. The summed E-state index contributed by atoms with van der Waals surface area (Å²) in [6.45, 7) is 0. The van der Waals surface area contributed by atoms with E-state index >= 15 is 0 Å². The first-order valence-electron chi connectivity index (χ1n) is 3.82. The molecule has 1 amide bonds. The predicted octanol–water partition coefficient (Wildman–Crippen LogP) is 1.14. The second-order valence-corrected chi connectivity index (χ2v) is 4.03. The Morgan fingerprint density at radius 2 is 2.17 bits per heavy atom. The summed E-state index contributed by atoms with van der Waals surface area (Å²) in [5, 5.41) is 2.84. The van der Waals surface area contributed by atoms with Crippen molar-refractivity contribution >= 4 is 27.6 Å². The molecule has 2 nitrogen and oxygen atoms in total. The summed E-state index contributed by atoms with van der Waals surface area (Å²) in [7, 11) is 0. The van der Waals surface area contributed by atoms with Gasteiger partial charge in [0.15, 0.2) is 0 Å². The van der Waals surface area contributed by atoms with Crippen molar-refractivity contribution in [1.29, 1.82) is 0 Å². The molecule has 0 saturated carbocycles. The Morgan fingerprint density at radius 3 is 3.00 bits per heavy atom. The maximum atomic E-state index is 11.2. The fourth-order valence-electron chi connectivity index (χ4n) is 1.33. The van der Waals surface area contributed by atoms with E-state index in [0.29, 0.717) is 0 Å². The van der Waals surface area contributed by atoms with Crippen molar-refractivity contribution in [3.8, 4) is 0 Å². The molecule has 1 radical (unpaired) electrons. The van der Waals surface area contributed by atoms with Gasteiger partial charge in [-0.25, -0.2) is 0 Å². The number of anilines is 1. The van der Waals surface area contributed by atoms with Gasteiger partial charge in [-0.1, -0.05) is 0 Å². The number of amides is 1. The SMILES string of the molecule is O=C1Nc2ccccc2CC1[Se]. The quantitative estimate of drug-likeness (QED) is 0.659. The first kappa shape index (κ1) is 7.84. The first-order chi connectivity index (χ1) is 5.77. The molecule has 1 atom stereocenters. The van der Waals surface area contributed by atoms with Gasteiger partial charge in [0.05, 0.1) is 0 Å². The van der Waals surface area contributed by atoms with Crippen LogP contribution in [0.1, 0.15) is 5.56 Å². The molecule has 1 heterocycles. The second kappa shape index (κ2) is 2.92. The molecule has 0 bridgehead atoms. The molecule has 12 heavy (non-hydrogen) atoms. The summed E-state index contributed by atoms with van der Waals surface area (Å²) in [4.78, 5) is 11.2. The molecule has 1 aliphatic heterocycles. The Morgan fingerprint density at radius 1 is 1.42 bits per heavy atom. The van der Waals surface area contributed by atoms with E-state index in [1.165, 1.54) is 5.56 Å². The number of fused-ring (bicyclic) bond motifs is 1. The summed E-state index contributed by atoms with van der Waals surface area (Å²) >= 11 is 2.86. The number of hydrogen-bond donors (Lipinski definition) is 1. The molecule has 0 aliphatic carbocycles. The van der Waals surface area contributed by atoms with Gasteiger partial charge in [0.1, 0.15) is 0 Å². The van der Waals surface area contributed by atoms with Crippen LogP contribution in [0.5, 0.6) is 0 Å². The number of nitrogens with one attached hydrogen (secondary N) is 1. The van der Waals surface area contributed by atoms with Gasteiger partial charge < -0.3 is 0 Å². The van der Waals surface area contributed by atoms with Gasteiger partial charge in [-0.2, -0.15) is 0 Å². The first-order valence-corrected chi connectivity index (χ1v) is 4.81. The summed E-state index contributed by atoms with van der Waals surface area (Å²) in [5.41, 5.74) is 2.16. The van der Waals surface area contributed by atoms with Crippen LogP contribution >= 0.6 is 0 Å². The number of carbonyl (C=O) groups is 1. The molecule has 0 saturated heterocycles. The maximum absolute atomic E-state index is 11.2. The zero-order valence-electron chi connectivity index (χ0n) is 6.41. The molecule has 1 aromatic carbocycles. The molecular formula is C9H8NOSe. The topological polar surface area (TPSA) is 29.1 Å². The van der Waals surface area contributed by atoms with E-state index in [9.17, 15) is 4.79 Å². The molecule has 0 fully saturated rings. The predicted molar refractivity (Wildman–Crippen MR) is 48.3 cm³/mol. The van der Waals surface area contributed by atoms with Gasteiger partial charge in [0.2, 0.25) is 0 Å². The standard InChI is InChI=1S/C9H8NOSe/c11-9-8(12)5-6-3-1-2-4-7(6)10-9/h1-4,8H,5H2,(H,10,11). The molecule has 0 spiro atoms. The Bertz CT molecular complexity index is 324. The molecule has 3 heteroatoms. The van der Waals surface area contributed by atoms with E-state index in [0.717, 1.165) is 12.1 Å². The van der Waals surface area contributed by atoms with Gasteiger partial charge in [0.25, 0.3) is 0 Å². The van der Waals surface area contributed by atoms with Crippen molar-refractivity contribution in [3.05, 3.63) is 29.8 Å². The van der Waals surface area contributed by atoms with E-state index in [1.807, 2.05) is 24.3 Å². The summed E-state index contributed by atoms with van der Waals surface area (Å²) in [5.74, 6) is 0.0775. The zero-order valence-corrected chi connectivity index (χ0v) is 8.12. The molecule has 2 rings (SSSR count). The molecule has 1 unspecified atom stereocenters. The van der Waals surface area contributed by atoms with Crippen molar-refractivity contribution in [1.82, 2.24) is 0 Å². The molecule has 0 aromatic heterocycles. The molecule has 1 aromatic rings. The monoisotopic (exact) mass is 226 g/mol. The fraction of sp³-hybridized carbons (Fsp3) is 0.222. The third-order valence-electron chi connectivity index (χ3n) is 1.97.